The van der Waals surface area contributed by atoms with Crippen LogP contribution in [0.2, 0.25) is 0 Å². The molecule has 0 radical (unpaired) electrons. The molecule has 14 atom stereocenters. The predicted molar refractivity (Wildman–Crippen MR) is 142 cm³/mol. The maximum absolute atomic E-state index is 12.5. The van der Waals surface area contributed by atoms with Crippen molar-refractivity contribution in [1.29, 1.82) is 0 Å². The molecule has 1 saturated heterocycles. The van der Waals surface area contributed by atoms with Gasteiger partial charge in [0.05, 0.1) is 18.2 Å². The molecule has 4 saturated carbocycles. The molecule has 0 aromatic heterocycles. The van der Waals surface area contributed by atoms with Crippen molar-refractivity contribution in [3.63, 3.8) is 0 Å². The third-order valence-electron chi connectivity index (χ3n) is 11.2. The van der Waals surface area contributed by atoms with Crippen molar-refractivity contribution in [1.82, 2.24) is 0 Å². The van der Waals surface area contributed by atoms with Gasteiger partial charge >= 0.3 is 48.9 Å². The first-order valence-electron chi connectivity index (χ1n) is 14.7. The van der Waals surface area contributed by atoms with Crippen molar-refractivity contribution < 1.29 is 59.6 Å². The van der Waals surface area contributed by atoms with Gasteiger partial charge in [0.2, 0.25) is 0 Å². The summed E-state index contributed by atoms with van der Waals surface area (Å²) in [5.41, 5.74) is -0.419. The average molecular weight is 722 g/mol. The molecule has 1 aliphatic heterocycles. The molecule has 0 aromatic carbocycles. The Balaban J connectivity index is 0.000000911. The maximum Gasteiger partial charge on any atom is 2.00 e. The third-order valence-corrected chi connectivity index (χ3v) is 11.2. The Bertz CT molecular complexity index is 992. The molecule has 12 nitrogen and oxygen atoms in total. The number of aliphatic hydroxyl groups excluding tert-OH is 5. The summed E-state index contributed by atoms with van der Waals surface area (Å²) in [6, 6.07) is 0. The van der Waals surface area contributed by atoms with Gasteiger partial charge in [-0.15, -0.1) is 0 Å². The van der Waals surface area contributed by atoms with Crippen molar-refractivity contribution in [2.75, 3.05) is 6.61 Å². The summed E-state index contributed by atoms with van der Waals surface area (Å²) in [4.78, 5) is 32.7. The number of carboxylic acid groups (broad SMARTS) is 2. The monoisotopic (exact) mass is 722 g/mol. The summed E-state index contributed by atoms with van der Waals surface area (Å²) < 4.78 is 11.3. The van der Waals surface area contributed by atoms with Crippen molar-refractivity contribution in [2.45, 2.75) is 115 Å². The van der Waals surface area contributed by atoms with E-state index < -0.39 is 55.4 Å². The number of fused-ring (bicyclic) bond motifs is 5. The minimum absolute atomic E-state index is 0. The Morgan fingerprint density at radius 1 is 0.929 bits per heavy atom. The van der Waals surface area contributed by atoms with Gasteiger partial charge in [-0.1, -0.05) is 13.8 Å². The number of aliphatic carboxylic acids is 2. The molecule has 5 aliphatic rings. The van der Waals surface area contributed by atoms with Crippen LogP contribution in [-0.2, 0) is 23.9 Å². The van der Waals surface area contributed by atoms with E-state index in [-0.39, 0.29) is 89.4 Å². The maximum atomic E-state index is 12.5. The number of carbonyl (C=O) groups excluding carboxylic acids is 3. The number of Topliss-reactive ketones (excluding diaryl/α,β-unsaturated/α-hetero) is 1. The molecule has 5 rings (SSSR count). The van der Waals surface area contributed by atoms with Gasteiger partial charge in [-0.3, -0.25) is 4.79 Å². The average Bonchev–Trinajstić information content (AvgIpc) is 3.24. The molecule has 42 heavy (non-hydrogen) atoms. The number of aliphatic hydroxyl groups is 5. The van der Waals surface area contributed by atoms with Crippen molar-refractivity contribution in [3.05, 3.63) is 0 Å². The number of hydrogen-bond donors (Lipinski definition) is 5. The summed E-state index contributed by atoms with van der Waals surface area (Å²) in [6.07, 6.45) is -3.00. The van der Waals surface area contributed by atoms with E-state index in [0.29, 0.717) is 31.1 Å². The van der Waals surface area contributed by atoms with E-state index in [1.807, 2.05) is 0 Å². The van der Waals surface area contributed by atoms with E-state index in [9.17, 15) is 40.2 Å². The van der Waals surface area contributed by atoms with Crippen LogP contribution in [0.25, 0.3) is 0 Å². The molecule has 234 valence electrons. The number of rotatable bonds is 5. The smallest absolute Gasteiger partial charge is 0.550 e. The number of carbonyl (C=O) groups is 3. The van der Waals surface area contributed by atoms with E-state index in [1.165, 1.54) is 0 Å². The molecule has 11 unspecified atom stereocenters. The minimum Gasteiger partial charge on any atom is -0.550 e. The second kappa shape index (κ2) is 14.1. The van der Waals surface area contributed by atoms with E-state index in [4.69, 9.17) is 19.4 Å². The molecular formula is C29H44BaO12. The van der Waals surface area contributed by atoms with Gasteiger partial charge in [0.15, 0.2) is 12.1 Å². The molecule has 4 aliphatic carbocycles. The zero-order chi connectivity index (χ0) is 30.4. The summed E-state index contributed by atoms with van der Waals surface area (Å²) in [5, 5.41) is 71.6. The van der Waals surface area contributed by atoms with Gasteiger partial charge in [-0.05, 0) is 92.8 Å². The molecule has 0 spiro atoms. The van der Waals surface area contributed by atoms with Crippen LogP contribution in [0, 0.1) is 40.4 Å². The van der Waals surface area contributed by atoms with Crippen molar-refractivity contribution in [3.8, 4) is 0 Å². The summed E-state index contributed by atoms with van der Waals surface area (Å²) in [7, 11) is 0. The van der Waals surface area contributed by atoms with Gasteiger partial charge in [-0.25, -0.2) is 0 Å². The zero-order valence-corrected chi connectivity index (χ0v) is 29.0. The largest absolute Gasteiger partial charge is 2.00 e. The second-order valence-electron chi connectivity index (χ2n) is 13.3. The molecule has 1 heterocycles. The van der Waals surface area contributed by atoms with Crippen LogP contribution in [0.3, 0.4) is 0 Å². The van der Waals surface area contributed by atoms with Gasteiger partial charge in [0, 0.05) is 11.9 Å². The number of carboxylic acids is 2. The molecule has 0 amide bonds. The van der Waals surface area contributed by atoms with Gasteiger partial charge in [0.25, 0.3) is 0 Å². The second-order valence-corrected chi connectivity index (χ2v) is 13.3. The Kier molecular flexibility index (Phi) is 12.2. The number of hydrogen-bond acceptors (Lipinski definition) is 12. The summed E-state index contributed by atoms with van der Waals surface area (Å²) in [5.74, 6) is -2.08. The summed E-state index contributed by atoms with van der Waals surface area (Å²) in [6.45, 7) is 4.90. The Labute approximate surface area is 286 Å². The Morgan fingerprint density at radius 2 is 1.57 bits per heavy atom. The first-order valence-corrected chi connectivity index (χ1v) is 14.7. The first-order chi connectivity index (χ1) is 19.1. The van der Waals surface area contributed by atoms with Gasteiger partial charge in [-0.2, -0.15) is 0 Å². The van der Waals surface area contributed by atoms with E-state index in [0.717, 1.165) is 39.0 Å². The molecule has 0 bridgehead atoms. The van der Waals surface area contributed by atoms with Crippen LogP contribution in [-0.4, -0.2) is 142 Å². The normalized spacial score (nSPS) is 47.8. The van der Waals surface area contributed by atoms with Gasteiger partial charge in [0.1, 0.15) is 31.0 Å². The zero-order valence-electron chi connectivity index (χ0n) is 24.6. The number of ether oxygens (including phenoxy) is 2. The number of ketones is 1. The standard InChI is InChI=1S/C27H42O10.C2H4O2.Ba/c1-26-8-7-13(36-25-22(33)20(31)21(32)23(37-25)24(34)35)9-12(26)3-4-14-15-5-6-16(18(30)11-28)27(15,2)10-17(29)19(14)26;1-2(3)4;/h12-17,19-23,25,28-29,31-33H,3-11H2,1-2H3,(H,34,35);1H3,(H,3,4);/q;;+2/p-2/t12?,13-,14?,15?,16?,17?,19?,20?,21?,22?,23+,25-,26?,27?;;/m1../s1. The Morgan fingerprint density at radius 3 is 2.17 bits per heavy atom. The predicted octanol–water partition coefficient (Wildman–Crippen LogP) is -2.50. The van der Waals surface area contributed by atoms with Crippen LogP contribution >= 0.6 is 0 Å². The SMILES string of the molecule is CC(=O)[O-].CC12CC(O)C3C(CCC4C[C@H](O[C@@H]5O[C@H](C(=O)[O-])C(O)C(O)C5O)CCC43C)C1CCC2C(=O)CO.[Ba+2]. The minimum atomic E-state index is -1.81. The fourth-order valence-corrected chi connectivity index (χ4v) is 9.45. The third kappa shape index (κ3) is 6.70. The molecule has 5 N–H and O–H groups in total. The summed E-state index contributed by atoms with van der Waals surface area (Å²) >= 11 is 0. The Hall–Kier alpha value is -0.0986. The molecule has 13 heteroatoms. The van der Waals surface area contributed by atoms with Crippen LogP contribution < -0.4 is 10.2 Å². The molecule has 5 fully saturated rings. The first kappa shape index (κ1) is 36.4. The van der Waals surface area contributed by atoms with Crippen molar-refractivity contribution >= 4 is 66.6 Å². The van der Waals surface area contributed by atoms with Crippen LogP contribution in [0.1, 0.15) is 72.1 Å². The van der Waals surface area contributed by atoms with Crippen molar-refractivity contribution in [2.24, 2.45) is 40.4 Å². The molecule has 0 aromatic rings. The van der Waals surface area contributed by atoms with Crippen LogP contribution in [0.5, 0.6) is 0 Å². The van der Waals surface area contributed by atoms with Crippen LogP contribution in [0.15, 0.2) is 0 Å². The van der Waals surface area contributed by atoms with E-state index in [2.05, 4.69) is 13.8 Å². The van der Waals surface area contributed by atoms with E-state index >= 15 is 0 Å². The quantitative estimate of drug-likeness (QED) is 0.147. The fraction of sp³-hybridized carbons (Fsp3) is 0.897. The topological polar surface area (TPSA) is 217 Å². The van der Waals surface area contributed by atoms with Crippen LogP contribution in [0.4, 0.5) is 0 Å². The fourth-order valence-electron chi connectivity index (χ4n) is 9.45. The molecular weight excluding hydrogens is 678 g/mol. The van der Waals surface area contributed by atoms with E-state index in [1.54, 1.807) is 0 Å². The van der Waals surface area contributed by atoms with Gasteiger partial charge < -0.3 is 54.8 Å².